The number of hydrogen-bond acceptors (Lipinski definition) is 0. The first-order chi connectivity index (χ1) is 6.79. The van der Waals surface area contributed by atoms with Gasteiger partial charge in [-0.05, 0) is 31.2 Å². The van der Waals surface area contributed by atoms with Crippen LogP contribution in [-0.4, -0.2) is 4.57 Å². The first-order valence-corrected chi connectivity index (χ1v) is 5.42. The van der Waals surface area contributed by atoms with E-state index in [2.05, 4.69) is 62.8 Å². The van der Waals surface area contributed by atoms with Crippen LogP contribution in [0.15, 0.2) is 47.5 Å². The highest BCUT2D eigenvalue weighted by molar-refractivity contribution is 9.10. The van der Waals surface area contributed by atoms with Crippen molar-refractivity contribution in [2.24, 2.45) is 0 Å². The van der Waals surface area contributed by atoms with E-state index >= 15 is 0 Å². The van der Waals surface area contributed by atoms with E-state index in [0.29, 0.717) is 0 Å². The van der Waals surface area contributed by atoms with Gasteiger partial charge in [0.1, 0.15) is 18.1 Å². The predicted octanol–water partition coefficient (Wildman–Crippen LogP) is 2.55. The number of imidazole rings is 1. The van der Waals surface area contributed by atoms with E-state index in [0.717, 1.165) is 11.0 Å². The Kier molecular flexibility index (Phi) is 2.68. The Bertz CT molecular complexity index is 417. The zero-order valence-corrected chi connectivity index (χ0v) is 9.61. The fourth-order valence-corrected chi connectivity index (χ4v) is 1.61. The lowest BCUT2D eigenvalue weighted by molar-refractivity contribution is -0.692. The molecule has 0 aliphatic rings. The minimum Gasteiger partial charge on any atom is -0.237 e. The highest BCUT2D eigenvalue weighted by Gasteiger charge is 2.03. The Labute approximate surface area is 91.9 Å². The molecule has 0 spiro atoms. The average molecular weight is 252 g/mol. The molecule has 1 aromatic carbocycles. The molecule has 1 heterocycles. The van der Waals surface area contributed by atoms with E-state index < -0.39 is 0 Å². The topological polar surface area (TPSA) is 8.81 Å². The van der Waals surface area contributed by atoms with E-state index in [1.165, 1.54) is 5.69 Å². The van der Waals surface area contributed by atoms with Crippen LogP contribution in [-0.2, 0) is 6.54 Å². The van der Waals surface area contributed by atoms with Gasteiger partial charge in [0.25, 0.3) is 0 Å². The maximum atomic E-state index is 3.42. The standard InChI is InChI=1S/C11H12BrN2/c1-2-13-7-8-14(9-13)11-5-3-10(12)4-6-11/h3-9H,2H2,1H3/q+1. The highest BCUT2D eigenvalue weighted by Crippen LogP contribution is 2.13. The van der Waals surface area contributed by atoms with Gasteiger partial charge in [-0.25, -0.2) is 9.13 Å². The lowest BCUT2D eigenvalue weighted by atomic mass is 10.3. The van der Waals surface area contributed by atoms with Crippen molar-refractivity contribution >= 4 is 15.9 Å². The minimum absolute atomic E-state index is 1.00. The Hall–Kier alpha value is -1.09. The summed E-state index contributed by atoms with van der Waals surface area (Å²) in [7, 11) is 0. The highest BCUT2D eigenvalue weighted by atomic mass is 79.9. The summed E-state index contributed by atoms with van der Waals surface area (Å²) in [5, 5.41) is 0. The largest absolute Gasteiger partial charge is 0.248 e. The summed E-state index contributed by atoms with van der Waals surface area (Å²) < 4.78 is 5.36. The first-order valence-electron chi connectivity index (χ1n) is 4.62. The molecule has 0 fully saturated rings. The van der Waals surface area contributed by atoms with Crippen LogP contribution in [0.4, 0.5) is 0 Å². The van der Waals surface area contributed by atoms with Gasteiger partial charge in [-0.1, -0.05) is 15.9 Å². The second-order valence-corrected chi connectivity index (χ2v) is 4.04. The van der Waals surface area contributed by atoms with Gasteiger partial charge in [0, 0.05) is 4.47 Å². The molecule has 0 unspecified atom stereocenters. The van der Waals surface area contributed by atoms with Gasteiger partial charge in [0.15, 0.2) is 0 Å². The fourth-order valence-electron chi connectivity index (χ4n) is 1.35. The predicted molar refractivity (Wildman–Crippen MR) is 59.3 cm³/mol. The molecule has 0 N–H and O–H groups in total. The second kappa shape index (κ2) is 3.96. The zero-order valence-electron chi connectivity index (χ0n) is 8.02. The normalized spacial score (nSPS) is 10.4. The van der Waals surface area contributed by atoms with E-state index in [1.807, 2.05) is 12.1 Å². The van der Waals surface area contributed by atoms with Gasteiger partial charge in [-0.2, -0.15) is 0 Å². The molecule has 0 saturated heterocycles. The van der Waals surface area contributed by atoms with Crippen molar-refractivity contribution in [2.75, 3.05) is 0 Å². The van der Waals surface area contributed by atoms with Crippen molar-refractivity contribution < 1.29 is 4.57 Å². The molecular weight excluding hydrogens is 240 g/mol. The second-order valence-electron chi connectivity index (χ2n) is 3.13. The molecule has 0 radical (unpaired) electrons. The molecule has 0 saturated carbocycles. The minimum atomic E-state index is 1.00. The van der Waals surface area contributed by atoms with Crippen molar-refractivity contribution in [3.63, 3.8) is 0 Å². The summed E-state index contributed by atoms with van der Waals surface area (Å²) in [4.78, 5) is 0. The van der Waals surface area contributed by atoms with Gasteiger partial charge < -0.3 is 0 Å². The lowest BCUT2D eigenvalue weighted by Crippen LogP contribution is -2.28. The summed E-state index contributed by atoms with van der Waals surface area (Å²) >= 11 is 3.42. The van der Waals surface area contributed by atoms with Crippen LogP contribution in [0.1, 0.15) is 6.92 Å². The Morgan fingerprint density at radius 1 is 1.29 bits per heavy atom. The van der Waals surface area contributed by atoms with Gasteiger partial charge in [-0.15, -0.1) is 0 Å². The van der Waals surface area contributed by atoms with Crippen LogP contribution < -0.4 is 4.57 Å². The quantitative estimate of drug-likeness (QED) is 0.726. The number of nitrogens with zero attached hydrogens (tertiary/aromatic N) is 2. The molecule has 2 aromatic rings. The van der Waals surface area contributed by atoms with Crippen molar-refractivity contribution in [2.45, 2.75) is 13.5 Å². The van der Waals surface area contributed by atoms with Gasteiger partial charge in [0.05, 0.1) is 6.54 Å². The van der Waals surface area contributed by atoms with Crippen LogP contribution in [0.2, 0.25) is 0 Å². The van der Waals surface area contributed by atoms with Crippen LogP contribution in [0.5, 0.6) is 0 Å². The van der Waals surface area contributed by atoms with Crippen molar-refractivity contribution in [1.82, 2.24) is 4.57 Å². The number of hydrogen-bond donors (Lipinski definition) is 0. The monoisotopic (exact) mass is 251 g/mol. The van der Waals surface area contributed by atoms with Crippen molar-refractivity contribution in [1.29, 1.82) is 0 Å². The van der Waals surface area contributed by atoms with E-state index in [-0.39, 0.29) is 0 Å². The van der Waals surface area contributed by atoms with Gasteiger partial charge in [-0.3, -0.25) is 0 Å². The van der Waals surface area contributed by atoms with Crippen LogP contribution in [0.25, 0.3) is 5.69 Å². The number of benzene rings is 1. The molecule has 72 valence electrons. The van der Waals surface area contributed by atoms with E-state index in [1.54, 1.807) is 0 Å². The van der Waals surface area contributed by atoms with Crippen LogP contribution in [0, 0.1) is 0 Å². The molecule has 0 amide bonds. The smallest absolute Gasteiger partial charge is 0.237 e. The molecule has 0 atom stereocenters. The molecule has 3 heteroatoms. The summed E-state index contributed by atoms with van der Waals surface area (Å²) in [6.07, 6.45) is 6.22. The SMILES string of the molecule is CC[n+]1ccn(-c2ccc(Br)cc2)c1. The fraction of sp³-hybridized carbons (Fsp3) is 0.182. The molecule has 2 rings (SSSR count). The average Bonchev–Trinajstić information content (AvgIpc) is 2.67. The molecule has 14 heavy (non-hydrogen) atoms. The maximum Gasteiger partial charge on any atom is 0.248 e. The summed E-state index contributed by atoms with van der Waals surface area (Å²) in [5.41, 5.74) is 1.18. The third-order valence-corrected chi connectivity index (χ3v) is 2.71. The van der Waals surface area contributed by atoms with Crippen molar-refractivity contribution in [3.05, 3.63) is 47.5 Å². The van der Waals surface area contributed by atoms with E-state index in [9.17, 15) is 0 Å². The van der Waals surface area contributed by atoms with Gasteiger partial charge >= 0.3 is 0 Å². The first kappa shape index (κ1) is 9.46. The maximum absolute atomic E-state index is 3.42. The third-order valence-electron chi connectivity index (χ3n) is 2.18. The molecule has 0 aliphatic carbocycles. The molecule has 0 bridgehead atoms. The molecule has 0 aliphatic heterocycles. The molecule has 1 aromatic heterocycles. The number of halogens is 1. The third kappa shape index (κ3) is 1.87. The molecule has 2 nitrogen and oxygen atoms in total. The number of rotatable bonds is 2. The summed E-state index contributed by atoms with van der Waals surface area (Å²) in [6.45, 7) is 3.13. The summed E-state index contributed by atoms with van der Waals surface area (Å²) in [5.74, 6) is 0. The van der Waals surface area contributed by atoms with Crippen LogP contribution >= 0.6 is 15.9 Å². The number of aryl methyl sites for hydroxylation is 1. The summed E-state index contributed by atoms with van der Waals surface area (Å²) in [6, 6.07) is 8.27. The molecular formula is C11H12BrN2+. The number of aromatic nitrogens is 2. The van der Waals surface area contributed by atoms with Crippen molar-refractivity contribution in [3.8, 4) is 5.69 Å². The zero-order chi connectivity index (χ0) is 9.97. The Morgan fingerprint density at radius 2 is 2.00 bits per heavy atom. The Morgan fingerprint density at radius 3 is 2.57 bits per heavy atom. The lowest BCUT2D eigenvalue weighted by Gasteiger charge is -1.94. The van der Waals surface area contributed by atoms with Crippen LogP contribution in [0.3, 0.4) is 0 Å². The van der Waals surface area contributed by atoms with Gasteiger partial charge in [0.2, 0.25) is 6.33 Å². The van der Waals surface area contributed by atoms with E-state index in [4.69, 9.17) is 0 Å². The Balaban J connectivity index is 2.34.